The molecule has 1 N–H and O–H groups in total. The monoisotopic (exact) mass is 213 g/mol. The van der Waals surface area contributed by atoms with Gasteiger partial charge in [0.1, 0.15) is 0 Å². The Bertz CT molecular complexity index is 196. The molecular weight excluding hydrogens is 190 g/mol. The van der Waals surface area contributed by atoms with Crippen molar-refractivity contribution in [3.63, 3.8) is 0 Å². The molecule has 2 heterocycles. The van der Waals surface area contributed by atoms with Crippen LogP contribution in [0.15, 0.2) is 0 Å². The highest BCUT2D eigenvalue weighted by Crippen LogP contribution is 2.26. The van der Waals surface area contributed by atoms with Gasteiger partial charge in [-0.3, -0.25) is 4.90 Å². The van der Waals surface area contributed by atoms with Gasteiger partial charge in [0, 0.05) is 26.2 Å². The van der Waals surface area contributed by atoms with Crippen LogP contribution in [0.3, 0.4) is 0 Å². The molecule has 1 unspecified atom stereocenters. The van der Waals surface area contributed by atoms with Crippen molar-refractivity contribution in [3.8, 4) is 0 Å². The molecule has 2 fully saturated rings. The maximum Gasteiger partial charge on any atom is 0.0900 e. The van der Waals surface area contributed by atoms with E-state index in [1.807, 2.05) is 0 Å². The maximum atomic E-state index is 10.00. The van der Waals surface area contributed by atoms with Gasteiger partial charge < -0.3 is 9.84 Å². The molecular formula is C12H23NO2. The molecule has 1 atom stereocenters. The third-order valence-electron chi connectivity index (χ3n) is 3.54. The van der Waals surface area contributed by atoms with E-state index in [4.69, 9.17) is 4.74 Å². The molecule has 0 aliphatic carbocycles. The Morgan fingerprint density at radius 1 is 1.47 bits per heavy atom. The molecule has 0 bridgehead atoms. The minimum absolute atomic E-state index is 0.370. The van der Waals surface area contributed by atoms with Crippen LogP contribution in [-0.2, 0) is 4.74 Å². The molecule has 3 heteroatoms. The van der Waals surface area contributed by atoms with Crippen LogP contribution in [0.5, 0.6) is 0 Å². The average molecular weight is 213 g/mol. The average Bonchev–Trinajstić information content (AvgIpc) is 2.64. The van der Waals surface area contributed by atoms with E-state index >= 15 is 0 Å². The lowest BCUT2D eigenvalue weighted by Crippen LogP contribution is -2.61. The van der Waals surface area contributed by atoms with Gasteiger partial charge >= 0.3 is 0 Å². The number of β-amino-alcohol motifs (C(OH)–C–C–N with tert-alkyl or cyclic N) is 1. The predicted octanol–water partition coefficient (Wildman–Crippen LogP) is 1.40. The predicted molar refractivity (Wildman–Crippen MR) is 59.9 cm³/mol. The van der Waals surface area contributed by atoms with Crippen LogP contribution in [0, 0.1) is 0 Å². The van der Waals surface area contributed by atoms with Gasteiger partial charge in [-0.05, 0) is 25.7 Å². The van der Waals surface area contributed by atoms with E-state index in [-0.39, 0.29) is 5.60 Å². The number of aliphatic hydroxyl groups is 1. The van der Waals surface area contributed by atoms with Gasteiger partial charge in [-0.15, -0.1) is 0 Å². The second kappa shape index (κ2) is 4.81. The number of rotatable bonds is 5. The molecule has 88 valence electrons. The normalized spacial score (nSPS) is 30.4. The first-order valence-corrected chi connectivity index (χ1v) is 6.28. The van der Waals surface area contributed by atoms with Gasteiger partial charge in [0.15, 0.2) is 0 Å². The SMILES string of the molecule is CCCC1(O)CN(CCC2CCCO2)C1. The summed E-state index contributed by atoms with van der Waals surface area (Å²) >= 11 is 0. The Morgan fingerprint density at radius 2 is 2.27 bits per heavy atom. The minimum Gasteiger partial charge on any atom is -0.387 e. The maximum absolute atomic E-state index is 10.00. The van der Waals surface area contributed by atoms with E-state index in [0.29, 0.717) is 6.10 Å². The summed E-state index contributed by atoms with van der Waals surface area (Å²) in [5.41, 5.74) is -0.370. The Labute approximate surface area is 92.4 Å². The number of hydrogen-bond acceptors (Lipinski definition) is 3. The van der Waals surface area contributed by atoms with E-state index < -0.39 is 0 Å². The van der Waals surface area contributed by atoms with Crippen LogP contribution in [-0.4, -0.2) is 48.0 Å². The van der Waals surface area contributed by atoms with Crippen molar-refractivity contribution in [1.29, 1.82) is 0 Å². The second-order valence-electron chi connectivity index (χ2n) is 5.11. The molecule has 0 aromatic rings. The van der Waals surface area contributed by atoms with E-state index in [0.717, 1.165) is 45.5 Å². The lowest BCUT2D eigenvalue weighted by Gasteiger charge is -2.47. The summed E-state index contributed by atoms with van der Waals surface area (Å²) in [5, 5.41) is 10.00. The molecule has 0 spiro atoms. The van der Waals surface area contributed by atoms with Crippen molar-refractivity contribution in [2.45, 2.75) is 50.7 Å². The number of likely N-dealkylation sites (tertiary alicyclic amines) is 1. The van der Waals surface area contributed by atoms with E-state index in [9.17, 15) is 5.11 Å². The first-order chi connectivity index (χ1) is 7.22. The smallest absolute Gasteiger partial charge is 0.0900 e. The molecule has 2 saturated heterocycles. The molecule has 0 amide bonds. The van der Waals surface area contributed by atoms with Gasteiger partial charge in [0.25, 0.3) is 0 Å². The van der Waals surface area contributed by atoms with Crippen molar-refractivity contribution in [2.75, 3.05) is 26.2 Å². The Balaban J connectivity index is 1.59. The van der Waals surface area contributed by atoms with Crippen LogP contribution in [0.25, 0.3) is 0 Å². The van der Waals surface area contributed by atoms with Gasteiger partial charge in [0.05, 0.1) is 11.7 Å². The van der Waals surface area contributed by atoms with E-state index in [1.165, 1.54) is 12.8 Å². The van der Waals surface area contributed by atoms with E-state index in [2.05, 4.69) is 11.8 Å². The van der Waals surface area contributed by atoms with Crippen LogP contribution in [0.1, 0.15) is 39.0 Å². The van der Waals surface area contributed by atoms with Crippen LogP contribution >= 0.6 is 0 Å². The van der Waals surface area contributed by atoms with Gasteiger partial charge in [-0.25, -0.2) is 0 Å². The number of hydrogen-bond donors (Lipinski definition) is 1. The molecule has 15 heavy (non-hydrogen) atoms. The highest BCUT2D eigenvalue weighted by Gasteiger charge is 2.39. The molecule has 0 aromatic heterocycles. The summed E-state index contributed by atoms with van der Waals surface area (Å²) in [6.45, 7) is 5.91. The van der Waals surface area contributed by atoms with Gasteiger partial charge in [-0.2, -0.15) is 0 Å². The molecule has 0 aromatic carbocycles. The zero-order chi connectivity index (χ0) is 10.7. The largest absolute Gasteiger partial charge is 0.387 e. The number of ether oxygens (including phenoxy) is 1. The Kier molecular flexibility index (Phi) is 3.65. The highest BCUT2D eigenvalue weighted by atomic mass is 16.5. The lowest BCUT2D eigenvalue weighted by atomic mass is 9.89. The third kappa shape index (κ3) is 2.92. The molecule has 2 aliphatic rings. The fourth-order valence-electron chi connectivity index (χ4n) is 2.77. The molecule has 2 aliphatic heterocycles. The molecule has 3 nitrogen and oxygen atoms in total. The summed E-state index contributed by atoms with van der Waals surface area (Å²) in [7, 11) is 0. The Morgan fingerprint density at radius 3 is 2.87 bits per heavy atom. The first-order valence-electron chi connectivity index (χ1n) is 6.28. The van der Waals surface area contributed by atoms with Gasteiger partial charge in [-0.1, -0.05) is 13.3 Å². The fraction of sp³-hybridized carbons (Fsp3) is 1.00. The summed E-state index contributed by atoms with van der Waals surface area (Å²) in [4.78, 5) is 2.34. The topological polar surface area (TPSA) is 32.7 Å². The zero-order valence-electron chi connectivity index (χ0n) is 9.74. The quantitative estimate of drug-likeness (QED) is 0.749. The standard InChI is InChI=1S/C12H23NO2/c1-2-6-12(14)9-13(10-12)7-5-11-4-3-8-15-11/h11,14H,2-10H2,1H3. The van der Waals surface area contributed by atoms with Crippen molar-refractivity contribution >= 4 is 0 Å². The molecule has 2 rings (SSSR count). The Hall–Kier alpha value is -0.120. The first kappa shape index (κ1) is 11.4. The third-order valence-corrected chi connectivity index (χ3v) is 3.54. The molecule has 0 saturated carbocycles. The summed E-state index contributed by atoms with van der Waals surface area (Å²) in [6.07, 6.45) is 6.11. The van der Waals surface area contributed by atoms with Crippen LogP contribution in [0.4, 0.5) is 0 Å². The number of nitrogens with zero attached hydrogens (tertiary/aromatic N) is 1. The summed E-state index contributed by atoms with van der Waals surface area (Å²) < 4.78 is 5.58. The fourth-order valence-corrected chi connectivity index (χ4v) is 2.77. The van der Waals surface area contributed by atoms with Gasteiger partial charge in [0.2, 0.25) is 0 Å². The summed E-state index contributed by atoms with van der Waals surface area (Å²) in [6, 6.07) is 0. The molecule has 0 radical (unpaired) electrons. The summed E-state index contributed by atoms with van der Waals surface area (Å²) in [5.74, 6) is 0. The van der Waals surface area contributed by atoms with Crippen LogP contribution < -0.4 is 0 Å². The zero-order valence-corrected chi connectivity index (χ0v) is 9.74. The van der Waals surface area contributed by atoms with Crippen molar-refractivity contribution < 1.29 is 9.84 Å². The highest BCUT2D eigenvalue weighted by molar-refractivity contribution is 4.95. The minimum atomic E-state index is -0.370. The lowest BCUT2D eigenvalue weighted by molar-refractivity contribution is -0.105. The van der Waals surface area contributed by atoms with Crippen molar-refractivity contribution in [1.82, 2.24) is 4.90 Å². The van der Waals surface area contributed by atoms with E-state index in [1.54, 1.807) is 0 Å². The van der Waals surface area contributed by atoms with Crippen molar-refractivity contribution in [2.24, 2.45) is 0 Å². The van der Waals surface area contributed by atoms with Crippen molar-refractivity contribution in [3.05, 3.63) is 0 Å². The van der Waals surface area contributed by atoms with Crippen LogP contribution in [0.2, 0.25) is 0 Å². The second-order valence-corrected chi connectivity index (χ2v) is 5.11.